The second-order valence-electron chi connectivity index (χ2n) is 2.55. The third-order valence-electron chi connectivity index (χ3n) is 1.19. The Labute approximate surface area is 66.7 Å². The highest BCUT2D eigenvalue weighted by Gasteiger charge is 2.04. The molecule has 11 heavy (non-hydrogen) atoms. The Morgan fingerprint density at radius 3 is 2.73 bits per heavy atom. The third kappa shape index (κ3) is 5.58. The van der Waals surface area contributed by atoms with Crippen LogP contribution in [0.1, 0.15) is 26.7 Å². The molecule has 0 aromatic carbocycles. The number of carbonyl (C=O) groups is 2. The first-order chi connectivity index (χ1) is 5.20. The molecular weight excluding hydrogens is 144 g/mol. The van der Waals surface area contributed by atoms with Gasteiger partial charge in [0.25, 0.3) is 0 Å². The summed E-state index contributed by atoms with van der Waals surface area (Å²) in [5.74, 6) is -0.406. The predicted molar refractivity (Wildman–Crippen MR) is 41.1 cm³/mol. The molecule has 0 radical (unpaired) electrons. The molecule has 3 heteroatoms. The molecule has 0 rings (SSSR count). The van der Waals surface area contributed by atoms with Gasteiger partial charge in [-0.05, 0) is 6.42 Å². The van der Waals surface area contributed by atoms with Gasteiger partial charge in [0.15, 0.2) is 0 Å². The van der Waals surface area contributed by atoms with Crippen molar-refractivity contribution in [3.63, 3.8) is 0 Å². The van der Waals surface area contributed by atoms with E-state index in [-0.39, 0.29) is 18.5 Å². The van der Waals surface area contributed by atoms with E-state index in [0.29, 0.717) is 6.42 Å². The number of hydrogen-bond donors (Lipinski definition) is 0. The van der Waals surface area contributed by atoms with Gasteiger partial charge in [0.05, 0.1) is 0 Å². The lowest BCUT2D eigenvalue weighted by Crippen LogP contribution is -2.12. The zero-order valence-electron chi connectivity index (χ0n) is 7.00. The number of carbonyl (C=O) groups excluding carboxylic acids is 2. The highest BCUT2D eigenvalue weighted by molar-refractivity contribution is 5.69. The average molecular weight is 158 g/mol. The highest BCUT2D eigenvalue weighted by Crippen LogP contribution is 1.95. The van der Waals surface area contributed by atoms with Crippen LogP contribution in [0.25, 0.3) is 0 Å². The molecule has 3 nitrogen and oxygen atoms in total. The number of hydrogen-bond acceptors (Lipinski definition) is 3. The number of esters is 1. The van der Waals surface area contributed by atoms with Crippen molar-refractivity contribution in [1.82, 2.24) is 0 Å². The summed E-state index contributed by atoms with van der Waals surface area (Å²) in [4.78, 5) is 20.8. The van der Waals surface area contributed by atoms with Gasteiger partial charge in [-0.3, -0.25) is 4.79 Å². The maximum atomic E-state index is 10.7. The first-order valence-electron chi connectivity index (χ1n) is 3.81. The van der Waals surface area contributed by atoms with E-state index in [4.69, 9.17) is 4.74 Å². The lowest BCUT2D eigenvalue weighted by Gasteiger charge is -2.04. The molecule has 0 aromatic rings. The quantitative estimate of drug-likeness (QED) is 0.445. The minimum Gasteiger partial charge on any atom is -0.465 e. The lowest BCUT2D eigenvalue weighted by molar-refractivity contribution is -0.145. The van der Waals surface area contributed by atoms with Gasteiger partial charge in [-0.1, -0.05) is 13.8 Å². The Morgan fingerprint density at radius 2 is 2.27 bits per heavy atom. The molecule has 0 saturated heterocycles. The smallest absolute Gasteiger partial charge is 0.305 e. The van der Waals surface area contributed by atoms with Crippen molar-refractivity contribution in [1.29, 1.82) is 0 Å². The fraction of sp³-hybridized carbons (Fsp3) is 0.750. The summed E-state index contributed by atoms with van der Waals surface area (Å²) in [5, 5.41) is 0. The van der Waals surface area contributed by atoms with Crippen molar-refractivity contribution in [3.05, 3.63) is 0 Å². The molecule has 0 heterocycles. The standard InChI is InChI=1S/C8H14O3/c1-3-4-8(10)11-6-7(2)5-9/h5,7H,3-4,6H2,1-2H3. The van der Waals surface area contributed by atoms with Crippen LogP contribution in [0.15, 0.2) is 0 Å². The van der Waals surface area contributed by atoms with Crippen LogP contribution in [0.4, 0.5) is 0 Å². The van der Waals surface area contributed by atoms with Crippen LogP contribution < -0.4 is 0 Å². The third-order valence-corrected chi connectivity index (χ3v) is 1.19. The van der Waals surface area contributed by atoms with E-state index in [1.807, 2.05) is 6.92 Å². The van der Waals surface area contributed by atoms with Crippen molar-refractivity contribution in [3.8, 4) is 0 Å². The lowest BCUT2D eigenvalue weighted by atomic mass is 10.2. The zero-order valence-corrected chi connectivity index (χ0v) is 7.00. The molecule has 1 unspecified atom stereocenters. The Morgan fingerprint density at radius 1 is 1.64 bits per heavy atom. The van der Waals surface area contributed by atoms with E-state index in [1.165, 1.54) is 0 Å². The minimum absolute atomic E-state index is 0.184. The fourth-order valence-corrected chi connectivity index (χ4v) is 0.540. The van der Waals surface area contributed by atoms with E-state index in [2.05, 4.69) is 0 Å². The molecule has 0 fully saturated rings. The van der Waals surface area contributed by atoms with Gasteiger partial charge >= 0.3 is 5.97 Å². The Hall–Kier alpha value is -0.860. The van der Waals surface area contributed by atoms with Crippen molar-refractivity contribution in [2.45, 2.75) is 26.7 Å². The molecule has 1 atom stereocenters. The van der Waals surface area contributed by atoms with Crippen LogP contribution in [-0.2, 0) is 14.3 Å². The number of ether oxygens (including phenoxy) is 1. The Bertz CT molecular complexity index is 131. The molecule has 0 aliphatic carbocycles. The molecule has 0 amide bonds. The van der Waals surface area contributed by atoms with Crippen molar-refractivity contribution in [2.24, 2.45) is 5.92 Å². The van der Waals surface area contributed by atoms with E-state index >= 15 is 0 Å². The summed E-state index contributed by atoms with van der Waals surface area (Å²) in [6, 6.07) is 0. The first kappa shape index (κ1) is 10.1. The first-order valence-corrected chi connectivity index (χ1v) is 3.81. The predicted octanol–water partition coefficient (Wildman–Crippen LogP) is 1.16. The molecular formula is C8H14O3. The van der Waals surface area contributed by atoms with E-state index in [1.54, 1.807) is 6.92 Å². The molecule has 0 aliphatic heterocycles. The summed E-state index contributed by atoms with van der Waals surface area (Å²) >= 11 is 0. The van der Waals surface area contributed by atoms with Gasteiger partial charge in [-0.15, -0.1) is 0 Å². The second kappa shape index (κ2) is 5.89. The van der Waals surface area contributed by atoms with Gasteiger partial charge in [0.1, 0.15) is 12.9 Å². The van der Waals surface area contributed by atoms with Crippen LogP contribution in [0.5, 0.6) is 0 Å². The largest absolute Gasteiger partial charge is 0.465 e. The van der Waals surface area contributed by atoms with E-state index < -0.39 is 0 Å². The van der Waals surface area contributed by atoms with E-state index in [9.17, 15) is 9.59 Å². The van der Waals surface area contributed by atoms with Crippen LogP contribution in [0, 0.1) is 5.92 Å². The normalized spacial score (nSPS) is 12.2. The van der Waals surface area contributed by atoms with Gasteiger partial charge in [-0.2, -0.15) is 0 Å². The average Bonchev–Trinajstić information content (AvgIpc) is 2.01. The van der Waals surface area contributed by atoms with Crippen molar-refractivity contribution < 1.29 is 14.3 Å². The summed E-state index contributed by atoms with van der Waals surface area (Å²) in [5.41, 5.74) is 0. The Balaban J connectivity index is 3.37. The Kier molecular flexibility index (Phi) is 5.43. The van der Waals surface area contributed by atoms with Crippen molar-refractivity contribution in [2.75, 3.05) is 6.61 Å². The maximum absolute atomic E-state index is 10.7. The SMILES string of the molecule is CCCC(=O)OCC(C)C=O. The molecule has 0 saturated carbocycles. The van der Waals surface area contributed by atoms with Gasteiger partial charge in [0.2, 0.25) is 0 Å². The maximum Gasteiger partial charge on any atom is 0.305 e. The van der Waals surface area contributed by atoms with Gasteiger partial charge in [-0.25, -0.2) is 0 Å². The minimum atomic E-state index is -0.221. The zero-order chi connectivity index (χ0) is 8.69. The van der Waals surface area contributed by atoms with Crippen LogP contribution in [0.2, 0.25) is 0 Å². The van der Waals surface area contributed by atoms with E-state index in [0.717, 1.165) is 12.7 Å². The summed E-state index contributed by atoms with van der Waals surface area (Å²) < 4.78 is 4.76. The van der Waals surface area contributed by atoms with Crippen molar-refractivity contribution >= 4 is 12.3 Å². The summed E-state index contributed by atoms with van der Waals surface area (Å²) in [7, 11) is 0. The van der Waals surface area contributed by atoms with Gasteiger partial charge < -0.3 is 9.53 Å². The topological polar surface area (TPSA) is 43.4 Å². The molecule has 0 spiro atoms. The summed E-state index contributed by atoms with van der Waals surface area (Å²) in [6.45, 7) is 3.83. The van der Waals surface area contributed by atoms with Crippen LogP contribution in [0.3, 0.4) is 0 Å². The van der Waals surface area contributed by atoms with Crippen LogP contribution >= 0.6 is 0 Å². The second-order valence-corrected chi connectivity index (χ2v) is 2.55. The molecule has 0 bridgehead atoms. The fourth-order valence-electron chi connectivity index (χ4n) is 0.540. The number of rotatable bonds is 5. The van der Waals surface area contributed by atoms with Crippen LogP contribution in [-0.4, -0.2) is 18.9 Å². The van der Waals surface area contributed by atoms with Gasteiger partial charge in [0, 0.05) is 12.3 Å². The highest BCUT2D eigenvalue weighted by atomic mass is 16.5. The molecule has 0 aliphatic rings. The summed E-state index contributed by atoms with van der Waals surface area (Å²) in [6.07, 6.45) is 2.00. The number of aldehydes is 1. The molecule has 64 valence electrons. The molecule has 0 N–H and O–H groups in total. The monoisotopic (exact) mass is 158 g/mol. The molecule has 0 aromatic heterocycles.